The number of benzene rings is 9. The molecule has 1 aliphatic carbocycles. The third-order valence-electron chi connectivity index (χ3n) is 11.3. The molecule has 0 fully saturated rings. The Morgan fingerprint density at radius 3 is 1.87 bits per heavy atom. The van der Waals surface area contributed by atoms with E-state index in [-0.39, 0.29) is 0 Å². The van der Waals surface area contributed by atoms with Crippen molar-refractivity contribution in [1.29, 1.82) is 0 Å². The number of nitrogens with zero attached hydrogens (tertiary/aromatic N) is 1. The second-order valence-electron chi connectivity index (χ2n) is 14.0. The Balaban J connectivity index is 1.18. The lowest BCUT2D eigenvalue weighted by Gasteiger charge is -2.46. The fraction of sp³-hybridized carbons (Fsp3) is 0.0196. The van der Waals surface area contributed by atoms with E-state index in [9.17, 15) is 0 Å². The van der Waals surface area contributed by atoms with Gasteiger partial charge in [-0.1, -0.05) is 176 Å². The highest BCUT2D eigenvalue weighted by molar-refractivity contribution is 7.99. The van der Waals surface area contributed by atoms with Gasteiger partial charge in [-0.25, -0.2) is 0 Å². The molecule has 53 heavy (non-hydrogen) atoms. The van der Waals surface area contributed by atoms with Crippen LogP contribution in [0.25, 0.3) is 43.8 Å². The predicted octanol–water partition coefficient (Wildman–Crippen LogP) is 14.0. The zero-order chi connectivity index (χ0) is 34.9. The van der Waals surface area contributed by atoms with Crippen molar-refractivity contribution in [3.63, 3.8) is 0 Å². The summed E-state index contributed by atoms with van der Waals surface area (Å²) in [5.41, 5.74) is 13.4. The largest absolute Gasteiger partial charge is 0.310 e. The minimum absolute atomic E-state index is 0.470. The molecular formula is C51H33NS. The Morgan fingerprint density at radius 2 is 1.00 bits per heavy atom. The van der Waals surface area contributed by atoms with Gasteiger partial charge in [0.25, 0.3) is 0 Å². The Kier molecular flexibility index (Phi) is 6.77. The molecule has 0 saturated carbocycles. The molecule has 11 rings (SSSR count). The van der Waals surface area contributed by atoms with E-state index in [1.165, 1.54) is 75.8 Å². The molecule has 0 saturated heterocycles. The second-order valence-corrected chi connectivity index (χ2v) is 15.1. The van der Waals surface area contributed by atoms with Crippen LogP contribution in [-0.4, -0.2) is 0 Å². The number of anilines is 3. The summed E-state index contributed by atoms with van der Waals surface area (Å²) in [6.45, 7) is 0. The van der Waals surface area contributed by atoms with Gasteiger partial charge in [-0.3, -0.25) is 0 Å². The first-order valence-electron chi connectivity index (χ1n) is 18.3. The van der Waals surface area contributed by atoms with E-state index in [2.05, 4.69) is 205 Å². The third-order valence-corrected chi connectivity index (χ3v) is 12.4. The molecule has 1 heterocycles. The first-order chi connectivity index (χ1) is 26.3. The number of fused-ring (bicyclic) bond motifs is 9. The van der Waals surface area contributed by atoms with E-state index in [4.69, 9.17) is 0 Å². The summed E-state index contributed by atoms with van der Waals surface area (Å²) >= 11 is 1.89. The SMILES string of the molecule is c1ccc(-c2cccc3c(N(c4ccccc4)c4ccc5c(c4)Sc4ccccc4C54c5ccccc5-c5cccc6cccc4c56)cccc23)cc1. The van der Waals surface area contributed by atoms with Gasteiger partial charge in [-0.15, -0.1) is 0 Å². The molecule has 0 radical (unpaired) electrons. The van der Waals surface area contributed by atoms with Crippen LogP contribution in [-0.2, 0) is 5.41 Å². The van der Waals surface area contributed by atoms with Crippen molar-refractivity contribution in [3.8, 4) is 22.3 Å². The van der Waals surface area contributed by atoms with E-state index in [1.807, 2.05) is 11.8 Å². The maximum absolute atomic E-state index is 2.44. The van der Waals surface area contributed by atoms with Crippen LogP contribution in [0, 0.1) is 0 Å². The molecule has 2 aliphatic rings. The van der Waals surface area contributed by atoms with E-state index in [0.29, 0.717) is 0 Å². The van der Waals surface area contributed by atoms with E-state index in [0.717, 1.165) is 17.1 Å². The molecule has 248 valence electrons. The Labute approximate surface area is 313 Å². The van der Waals surface area contributed by atoms with Crippen molar-refractivity contribution in [2.75, 3.05) is 4.90 Å². The van der Waals surface area contributed by atoms with Crippen molar-refractivity contribution in [3.05, 3.63) is 222 Å². The standard InChI is InChI=1S/C51H33NS/c1-3-15-34(16-4-1)38-22-13-24-41-39(38)23-14-29-47(41)52(36-19-5-2-6-20-36)37-31-32-45-49(33-37)53-48-30-10-9-27-44(48)51(45)43-26-8-7-21-40(43)42-25-11-17-35-18-12-28-46(51)50(35)42/h1-33H. The molecule has 9 aromatic rings. The summed E-state index contributed by atoms with van der Waals surface area (Å²) in [5.74, 6) is 0. The zero-order valence-electron chi connectivity index (χ0n) is 28.9. The van der Waals surface area contributed by atoms with Gasteiger partial charge in [-0.2, -0.15) is 0 Å². The van der Waals surface area contributed by atoms with Crippen LogP contribution in [0.15, 0.2) is 210 Å². The molecule has 1 unspecified atom stereocenters. The van der Waals surface area contributed by atoms with Gasteiger partial charge in [0, 0.05) is 26.6 Å². The van der Waals surface area contributed by atoms with Crippen molar-refractivity contribution < 1.29 is 0 Å². The number of hydrogen-bond acceptors (Lipinski definition) is 2. The lowest BCUT2D eigenvalue weighted by Crippen LogP contribution is -2.36. The molecule has 0 bridgehead atoms. The molecule has 2 heteroatoms. The maximum atomic E-state index is 2.44. The van der Waals surface area contributed by atoms with E-state index < -0.39 is 5.41 Å². The average molecular weight is 692 g/mol. The van der Waals surface area contributed by atoms with Crippen LogP contribution in [0.2, 0.25) is 0 Å². The molecule has 0 N–H and O–H groups in total. The second kappa shape index (κ2) is 11.8. The summed E-state index contributed by atoms with van der Waals surface area (Å²) in [7, 11) is 0. The van der Waals surface area contributed by atoms with Gasteiger partial charge in [-0.05, 0) is 97.1 Å². The predicted molar refractivity (Wildman–Crippen MR) is 223 cm³/mol. The molecule has 1 spiro atoms. The summed E-state index contributed by atoms with van der Waals surface area (Å²) in [6.07, 6.45) is 0. The summed E-state index contributed by atoms with van der Waals surface area (Å²) < 4.78 is 0. The molecule has 9 aromatic carbocycles. The van der Waals surface area contributed by atoms with Gasteiger partial charge in [0.1, 0.15) is 0 Å². The van der Waals surface area contributed by atoms with Gasteiger partial charge in [0.2, 0.25) is 0 Å². The Bertz CT molecular complexity index is 2870. The molecular weight excluding hydrogens is 659 g/mol. The van der Waals surface area contributed by atoms with Crippen LogP contribution in [0.1, 0.15) is 22.3 Å². The topological polar surface area (TPSA) is 3.24 Å². The van der Waals surface area contributed by atoms with Gasteiger partial charge < -0.3 is 4.90 Å². The van der Waals surface area contributed by atoms with Crippen LogP contribution in [0.3, 0.4) is 0 Å². The first-order valence-corrected chi connectivity index (χ1v) is 19.1. The summed E-state index contributed by atoms with van der Waals surface area (Å²) in [4.78, 5) is 5.02. The Morgan fingerprint density at radius 1 is 0.377 bits per heavy atom. The smallest absolute Gasteiger partial charge is 0.0735 e. The van der Waals surface area contributed by atoms with Crippen molar-refractivity contribution in [1.82, 2.24) is 0 Å². The summed E-state index contributed by atoms with van der Waals surface area (Å²) in [6, 6.07) is 74.0. The van der Waals surface area contributed by atoms with Crippen LogP contribution in [0.5, 0.6) is 0 Å². The van der Waals surface area contributed by atoms with Gasteiger partial charge in [0.15, 0.2) is 0 Å². The van der Waals surface area contributed by atoms with Crippen molar-refractivity contribution in [2.45, 2.75) is 15.2 Å². The quantitative estimate of drug-likeness (QED) is 0.181. The van der Waals surface area contributed by atoms with Gasteiger partial charge >= 0.3 is 0 Å². The summed E-state index contributed by atoms with van der Waals surface area (Å²) in [5, 5.41) is 5.09. The highest BCUT2D eigenvalue weighted by atomic mass is 32.2. The fourth-order valence-electron chi connectivity index (χ4n) is 9.18. The minimum Gasteiger partial charge on any atom is -0.310 e. The van der Waals surface area contributed by atoms with Crippen molar-refractivity contribution >= 4 is 50.4 Å². The normalized spacial score (nSPS) is 15.2. The third kappa shape index (κ3) is 4.40. The van der Waals surface area contributed by atoms with Gasteiger partial charge in [0.05, 0.1) is 11.1 Å². The fourth-order valence-corrected chi connectivity index (χ4v) is 10.4. The van der Waals surface area contributed by atoms with E-state index >= 15 is 0 Å². The average Bonchev–Trinajstić information content (AvgIpc) is 3.23. The van der Waals surface area contributed by atoms with Crippen LogP contribution < -0.4 is 4.90 Å². The molecule has 1 atom stereocenters. The highest BCUT2D eigenvalue weighted by Gasteiger charge is 2.48. The van der Waals surface area contributed by atoms with Crippen LogP contribution >= 0.6 is 11.8 Å². The Hall–Kier alpha value is -6.35. The van der Waals surface area contributed by atoms with E-state index in [1.54, 1.807) is 0 Å². The lowest BCUT2D eigenvalue weighted by molar-refractivity contribution is 0.707. The molecule has 1 aliphatic heterocycles. The number of para-hydroxylation sites is 1. The monoisotopic (exact) mass is 691 g/mol. The lowest BCUT2D eigenvalue weighted by atomic mass is 9.59. The maximum Gasteiger partial charge on any atom is 0.0735 e. The zero-order valence-corrected chi connectivity index (χ0v) is 29.7. The van der Waals surface area contributed by atoms with Crippen molar-refractivity contribution in [2.24, 2.45) is 0 Å². The minimum atomic E-state index is -0.470. The van der Waals surface area contributed by atoms with Crippen LogP contribution in [0.4, 0.5) is 17.1 Å². The highest BCUT2D eigenvalue weighted by Crippen LogP contribution is 2.61. The molecule has 0 aromatic heterocycles. The first kappa shape index (κ1) is 30.3. The molecule has 0 amide bonds. The number of rotatable bonds is 4. The molecule has 1 nitrogen and oxygen atoms in total. The number of hydrogen-bond donors (Lipinski definition) is 0.